The lowest BCUT2D eigenvalue weighted by atomic mass is 9.56. The molecule has 0 spiro atoms. The summed E-state index contributed by atoms with van der Waals surface area (Å²) in [5, 5.41) is 62.6. The van der Waals surface area contributed by atoms with Gasteiger partial charge < -0.3 is 59.4 Å². The number of phenols is 2. The number of nitrogens with one attached hydrogen (secondary N) is 1. The minimum atomic E-state index is -3.27. The number of fused-ring (bicyclic) bond motifs is 5. The molecule has 4 aliphatic rings. The summed E-state index contributed by atoms with van der Waals surface area (Å²) in [7, 11) is 4.51. The number of rotatable bonds is 9. The first kappa shape index (κ1) is 39.1. The highest BCUT2D eigenvalue weighted by Gasteiger charge is 2.72. The van der Waals surface area contributed by atoms with Crippen LogP contribution in [0.2, 0.25) is 0 Å². The third-order valence-electron chi connectivity index (χ3n) is 10.3. The number of methoxy groups -OCH3 is 4. The predicted molar refractivity (Wildman–Crippen MR) is 181 cm³/mol. The van der Waals surface area contributed by atoms with Crippen LogP contribution in [0.4, 0.5) is 0 Å². The Labute approximate surface area is 311 Å². The highest BCUT2D eigenvalue weighted by molar-refractivity contribution is 6.31. The number of ketones is 4. The summed E-state index contributed by atoms with van der Waals surface area (Å²) < 4.78 is 27.2. The minimum Gasteiger partial charge on any atom is -0.507 e. The number of aryl methyl sites for hydroxylation is 1. The second-order valence-corrected chi connectivity index (χ2v) is 13.2. The van der Waals surface area contributed by atoms with Crippen LogP contribution in [0.25, 0.3) is 0 Å². The van der Waals surface area contributed by atoms with Gasteiger partial charge in [0.1, 0.15) is 35.0 Å². The van der Waals surface area contributed by atoms with Gasteiger partial charge in [-0.25, -0.2) is 9.59 Å². The number of allylic oxidation sites excluding steroid dienone is 2. The first-order valence-corrected chi connectivity index (χ1v) is 16.6. The summed E-state index contributed by atoms with van der Waals surface area (Å²) in [6.07, 6.45) is -5.87. The number of Topliss-reactive ketones (excluding diaryl/α,β-unsaturated/α-hetero) is 3. The van der Waals surface area contributed by atoms with Gasteiger partial charge >= 0.3 is 11.9 Å². The number of esters is 1. The fraction of sp³-hybridized carbons (Fsp3) is 0.417. The first-order chi connectivity index (χ1) is 26.0. The number of carboxylic acids is 1. The molecule has 55 heavy (non-hydrogen) atoms. The molecule has 2 aromatic carbocycles. The topological polar surface area (TPSA) is 283 Å². The largest absolute Gasteiger partial charge is 0.507 e. The van der Waals surface area contributed by atoms with Crippen molar-refractivity contribution in [2.24, 2.45) is 5.16 Å². The second-order valence-electron chi connectivity index (χ2n) is 13.2. The van der Waals surface area contributed by atoms with Crippen molar-refractivity contribution in [3.05, 3.63) is 68.4 Å². The highest BCUT2D eigenvalue weighted by Crippen LogP contribution is 2.56. The number of aromatic hydroxyl groups is 2. The molecule has 6 N–H and O–H groups in total. The predicted octanol–water partition coefficient (Wildman–Crippen LogP) is -0.154. The number of benzene rings is 2. The van der Waals surface area contributed by atoms with Crippen molar-refractivity contribution in [1.29, 1.82) is 0 Å². The van der Waals surface area contributed by atoms with E-state index in [-0.39, 0.29) is 16.8 Å². The Kier molecular flexibility index (Phi) is 9.91. The molecule has 0 saturated carbocycles. The molecule has 1 heterocycles. The van der Waals surface area contributed by atoms with E-state index in [1.807, 2.05) is 0 Å². The van der Waals surface area contributed by atoms with E-state index in [0.717, 1.165) is 26.4 Å². The minimum absolute atomic E-state index is 0.0285. The third kappa shape index (κ3) is 5.45. The third-order valence-corrected chi connectivity index (χ3v) is 10.3. The van der Waals surface area contributed by atoms with Crippen LogP contribution < -0.4 is 5.32 Å². The van der Waals surface area contributed by atoms with Crippen molar-refractivity contribution in [3.63, 3.8) is 0 Å². The van der Waals surface area contributed by atoms with Gasteiger partial charge in [-0.1, -0.05) is 11.2 Å². The highest BCUT2D eigenvalue weighted by atomic mass is 16.6. The van der Waals surface area contributed by atoms with Crippen LogP contribution in [0, 0.1) is 6.92 Å². The maximum absolute atomic E-state index is 14.7. The summed E-state index contributed by atoms with van der Waals surface area (Å²) in [4.78, 5) is 85.6. The van der Waals surface area contributed by atoms with E-state index in [2.05, 4.69) is 10.5 Å². The maximum atomic E-state index is 14.7. The average molecular weight is 769 g/mol. The molecule has 0 radical (unpaired) electrons. The fourth-order valence-corrected chi connectivity index (χ4v) is 7.97. The van der Waals surface area contributed by atoms with Crippen molar-refractivity contribution in [2.45, 2.75) is 62.1 Å². The lowest BCUT2D eigenvalue weighted by Gasteiger charge is -2.52. The van der Waals surface area contributed by atoms with E-state index in [0.29, 0.717) is 0 Å². The van der Waals surface area contributed by atoms with Crippen molar-refractivity contribution >= 4 is 40.8 Å². The van der Waals surface area contributed by atoms with Gasteiger partial charge in [0.25, 0.3) is 0 Å². The first-order valence-electron chi connectivity index (χ1n) is 16.6. The van der Waals surface area contributed by atoms with Crippen LogP contribution in [0.1, 0.15) is 75.4 Å². The van der Waals surface area contributed by atoms with E-state index < -0.39 is 141 Å². The Hall–Kier alpha value is -5.57. The molecular formula is C36H36N2O17. The average Bonchev–Trinajstić information content (AvgIpc) is 3.12. The molecule has 0 bridgehead atoms. The summed E-state index contributed by atoms with van der Waals surface area (Å²) in [6.45, 7) is 2.20. The van der Waals surface area contributed by atoms with Crippen molar-refractivity contribution in [2.75, 3.05) is 35.0 Å². The van der Waals surface area contributed by atoms with Crippen LogP contribution in [0.3, 0.4) is 0 Å². The number of aliphatic hydroxyl groups excluding tert-OH is 1. The number of nitrogens with zero attached hydrogens (tertiary/aromatic N) is 1. The molecule has 1 aliphatic heterocycles. The number of oxime groups is 1. The zero-order chi connectivity index (χ0) is 40.5. The van der Waals surface area contributed by atoms with Gasteiger partial charge in [-0.2, -0.15) is 0 Å². The maximum Gasteiger partial charge on any atom is 0.344 e. The summed E-state index contributed by atoms with van der Waals surface area (Å²) in [5.41, 5.74) is -10.5. The monoisotopic (exact) mass is 768 g/mol. The van der Waals surface area contributed by atoms with Crippen molar-refractivity contribution in [1.82, 2.24) is 5.32 Å². The molecule has 0 unspecified atom stereocenters. The van der Waals surface area contributed by atoms with E-state index in [1.54, 1.807) is 6.92 Å². The van der Waals surface area contributed by atoms with Gasteiger partial charge in [-0.3, -0.25) is 19.2 Å². The Balaban J connectivity index is 1.47. The van der Waals surface area contributed by atoms with Crippen LogP contribution in [0.15, 0.2) is 29.1 Å². The Morgan fingerprint density at radius 1 is 0.982 bits per heavy atom. The van der Waals surface area contributed by atoms with E-state index in [9.17, 15) is 49.2 Å². The lowest BCUT2D eigenvalue weighted by Crippen LogP contribution is -2.73. The Morgan fingerprint density at radius 2 is 1.65 bits per heavy atom. The number of hydrogen-bond acceptors (Lipinski definition) is 18. The van der Waals surface area contributed by atoms with Crippen LogP contribution in [0.5, 0.6) is 11.5 Å². The molecule has 0 amide bonds. The van der Waals surface area contributed by atoms with Crippen molar-refractivity contribution < 1.29 is 82.8 Å². The molecule has 292 valence electrons. The van der Waals surface area contributed by atoms with Gasteiger partial charge in [0, 0.05) is 50.5 Å². The Morgan fingerprint density at radius 3 is 2.25 bits per heavy atom. The van der Waals surface area contributed by atoms with Gasteiger partial charge in [0.2, 0.25) is 24.0 Å². The molecule has 6 rings (SSSR count). The number of carbonyl (C=O) groups is 6. The summed E-state index contributed by atoms with van der Waals surface area (Å²) >= 11 is 0. The zero-order valence-electron chi connectivity index (χ0n) is 30.1. The summed E-state index contributed by atoms with van der Waals surface area (Å²) in [6, 6.07) is 2.13. The van der Waals surface area contributed by atoms with Gasteiger partial charge in [0.05, 0.1) is 36.1 Å². The number of ether oxygens (including phenoxy) is 5. The summed E-state index contributed by atoms with van der Waals surface area (Å²) in [5.74, 6) is -9.24. The molecule has 2 aromatic rings. The fourth-order valence-electron chi connectivity index (χ4n) is 7.97. The smallest absolute Gasteiger partial charge is 0.344 e. The molecule has 1 saturated heterocycles. The molecule has 7 atom stereocenters. The SMILES string of the molecule is COC(=O)c1c(C)cc2c(c1O)[C@]1(O)C(=O)c3cc4c(c(O)c3C(=O)[C@]1(OC)[C@H](O)C2)C(=O)C=C(N[C@H]1O[C@@H](C)[C@H](OC)/C(=N/OCC(=O)O)[C@H]1OC)C4=O. The van der Waals surface area contributed by atoms with Crippen LogP contribution in [-0.4, -0.2) is 138 Å². The van der Waals surface area contributed by atoms with E-state index in [1.165, 1.54) is 27.2 Å². The number of hydrogen-bond donors (Lipinski definition) is 6. The quantitative estimate of drug-likeness (QED) is 0.143. The number of carboxylic acid groups (broad SMARTS) is 1. The van der Waals surface area contributed by atoms with Crippen LogP contribution in [-0.2, 0) is 45.3 Å². The molecule has 1 fully saturated rings. The molecule has 3 aliphatic carbocycles. The molecule has 0 aromatic heterocycles. The normalized spacial score (nSPS) is 29.1. The van der Waals surface area contributed by atoms with E-state index in [4.69, 9.17) is 33.6 Å². The lowest BCUT2D eigenvalue weighted by molar-refractivity contribution is -0.181. The standard InChI is InChI=1S/C36H36N2O17/c1-12-7-14-8-19(40)36(53-6)32(47)23-16(31(46)35(36,49)24(14)28(45)21(12)34(48)52-5)9-15-22(27(23)44)18(39)10-17(26(15)43)37-33-30(51-4)25(38-54-11-20(41)42)29(50-3)13(2)55-33/h7,9-10,13,19,29-30,33,37,40,44-45,49H,8,11H2,1-6H3,(H,41,42)/b38-25-/t13-,19+,29-,30+,33-,35-,36+/m0/s1. The molecule has 19 nitrogen and oxygen atoms in total. The number of phenolic OH excluding ortho intramolecular Hbond substituents is 2. The van der Waals surface area contributed by atoms with Gasteiger partial charge in [-0.05, 0) is 31.0 Å². The van der Waals surface area contributed by atoms with Gasteiger partial charge in [0.15, 0.2) is 23.2 Å². The van der Waals surface area contributed by atoms with Crippen LogP contribution >= 0.6 is 0 Å². The number of aliphatic hydroxyl groups is 2. The van der Waals surface area contributed by atoms with Gasteiger partial charge in [-0.15, -0.1) is 0 Å². The number of aliphatic carboxylic acids is 1. The molecule has 19 heteroatoms. The van der Waals surface area contributed by atoms with E-state index >= 15 is 0 Å². The second kappa shape index (κ2) is 13.9. The van der Waals surface area contributed by atoms with Crippen molar-refractivity contribution in [3.8, 4) is 11.5 Å². The zero-order valence-corrected chi connectivity index (χ0v) is 30.1. The molecular weight excluding hydrogens is 732 g/mol. The Bertz CT molecular complexity index is 2140. The number of carbonyl (C=O) groups excluding carboxylic acids is 5.